The van der Waals surface area contributed by atoms with Crippen LogP contribution in [-0.2, 0) is 4.79 Å². The predicted molar refractivity (Wildman–Crippen MR) is 100 cm³/mol. The third-order valence-corrected chi connectivity index (χ3v) is 4.23. The lowest BCUT2D eigenvalue weighted by Crippen LogP contribution is -2.14. The van der Waals surface area contributed by atoms with E-state index in [1.807, 2.05) is 24.3 Å². The summed E-state index contributed by atoms with van der Waals surface area (Å²) in [4.78, 5) is 24.2. The van der Waals surface area contributed by atoms with Crippen LogP contribution in [0.25, 0.3) is 6.08 Å². The predicted octanol–water partition coefficient (Wildman–Crippen LogP) is 4.99. The van der Waals surface area contributed by atoms with Crippen molar-refractivity contribution < 1.29 is 19.1 Å². The molecule has 0 saturated heterocycles. The molecule has 0 aliphatic carbocycles. The fraction of sp³-hybridized carbons (Fsp3) is 0.273. The van der Waals surface area contributed by atoms with E-state index in [9.17, 15) is 9.59 Å². The largest absolute Gasteiger partial charge is 0.452 e. The molecule has 26 heavy (non-hydrogen) atoms. The van der Waals surface area contributed by atoms with E-state index < -0.39 is 0 Å². The molecule has 0 spiro atoms. The zero-order chi connectivity index (χ0) is 18.8. The molecular weight excluding hydrogens is 328 g/mol. The van der Waals surface area contributed by atoms with E-state index in [0.29, 0.717) is 23.0 Å². The molecule has 0 aromatic heterocycles. The van der Waals surface area contributed by atoms with Crippen LogP contribution >= 0.6 is 0 Å². The molecule has 0 unspecified atom stereocenters. The number of Topliss-reactive ketones (excluding diaryl/α,β-unsaturated/α-hetero) is 1. The summed E-state index contributed by atoms with van der Waals surface area (Å²) in [5, 5.41) is 0. The fourth-order valence-corrected chi connectivity index (χ4v) is 2.59. The lowest BCUT2D eigenvalue weighted by molar-refractivity contribution is -0.137. The molecular formula is C22H22O4. The minimum atomic E-state index is -0.324. The molecule has 0 bridgehead atoms. The van der Waals surface area contributed by atoms with Gasteiger partial charge in [0.25, 0.3) is 0 Å². The van der Waals surface area contributed by atoms with Crippen molar-refractivity contribution in [1.29, 1.82) is 0 Å². The minimum Gasteiger partial charge on any atom is -0.452 e. The first kappa shape index (κ1) is 17.9. The molecule has 0 N–H and O–H groups in total. The third kappa shape index (κ3) is 3.69. The van der Waals surface area contributed by atoms with Gasteiger partial charge in [0.05, 0.1) is 11.5 Å². The third-order valence-electron chi connectivity index (χ3n) is 4.23. The summed E-state index contributed by atoms with van der Waals surface area (Å²) in [7, 11) is 0. The number of carbonyl (C=O) groups is 2. The van der Waals surface area contributed by atoms with Gasteiger partial charge in [-0.1, -0.05) is 52.0 Å². The maximum Gasteiger partial charge on any atom is 0.313 e. The molecule has 0 saturated carbocycles. The van der Waals surface area contributed by atoms with Crippen LogP contribution in [-0.4, -0.2) is 11.8 Å². The SMILES string of the molecule is CC(C)C(=O)Oc1ccc2c(c1)O/C(=C\c1ccc(C(C)C)cc1)C2=O. The van der Waals surface area contributed by atoms with Gasteiger partial charge in [0.1, 0.15) is 11.5 Å². The van der Waals surface area contributed by atoms with Crippen molar-refractivity contribution in [3.8, 4) is 11.5 Å². The Kier molecular flexibility index (Phi) is 4.94. The van der Waals surface area contributed by atoms with Crippen molar-refractivity contribution in [3.05, 3.63) is 64.9 Å². The smallest absolute Gasteiger partial charge is 0.313 e. The molecule has 3 rings (SSSR count). The average molecular weight is 350 g/mol. The molecule has 2 aromatic carbocycles. The number of allylic oxidation sites excluding steroid dienone is 1. The van der Waals surface area contributed by atoms with Crippen molar-refractivity contribution in [1.82, 2.24) is 0 Å². The number of fused-ring (bicyclic) bond motifs is 1. The Bertz CT molecular complexity index is 874. The second-order valence-electron chi connectivity index (χ2n) is 6.99. The van der Waals surface area contributed by atoms with Crippen LogP contribution in [0.5, 0.6) is 11.5 Å². The number of ketones is 1. The molecule has 134 valence electrons. The fourth-order valence-electron chi connectivity index (χ4n) is 2.59. The summed E-state index contributed by atoms with van der Waals surface area (Å²) in [6.07, 6.45) is 1.73. The summed E-state index contributed by atoms with van der Waals surface area (Å²) in [6.45, 7) is 7.80. The van der Waals surface area contributed by atoms with Gasteiger partial charge < -0.3 is 9.47 Å². The standard InChI is InChI=1S/C22H22O4/c1-13(2)16-7-5-15(6-8-16)11-20-21(23)18-10-9-17(12-19(18)26-20)25-22(24)14(3)4/h5-14H,1-4H3/b20-11-. The van der Waals surface area contributed by atoms with E-state index in [1.165, 1.54) is 5.56 Å². The number of carbonyl (C=O) groups excluding carboxylic acids is 2. The number of esters is 1. The van der Waals surface area contributed by atoms with Crippen LogP contribution < -0.4 is 9.47 Å². The highest BCUT2D eigenvalue weighted by Gasteiger charge is 2.28. The normalized spacial score (nSPS) is 14.7. The van der Waals surface area contributed by atoms with Gasteiger partial charge in [-0.15, -0.1) is 0 Å². The Morgan fingerprint density at radius 3 is 2.35 bits per heavy atom. The second kappa shape index (κ2) is 7.16. The zero-order valence-electron chi connectivity index (χ0n) is 15.4. The number of rotatable bonds is 4. The molecule has 4 heteroatoms. The van der Waals surface area contributed by atoms with E-state index in [2.05, 4.69) is 13.8 Å². The highest BCUT2D eigenvalue weighted by molar-refractivity contribution is 6.14. The summed E-state index contributed by atoms with van der Waals surface area (Å²) < 4.78 is 11.0. The lowest BCUT2D eigenvalue weighted by Gasteiger charge is -2.07. The number of ether oxygens (including phenoxy) is 2. The van der Waals surface area contributed by atoms with Gasteiger partial charge in [0.2, 0.25) is 5.78 Å². The van der Waals surface area contributed by atoms with Gasteiger partial charge in [-0.25, -0.2) is 0 Å². The van der Waals surface area contributed by atoms with Gasteiger partial charge in [0, 0.05) is 6.07 Å². The summed E-state index contributed by atoms with van der Waals surface area (Å²) >= 11 is 0. The number of hydrogen-bond donors (Lipinski definition) is 0. The van der Waals surface area contributed by atoms with Gasteiger partial charge in [0.15, 0.2) is 5.76 Å². The molecule has 4 nitrogen and oxygen atoms in total. The Labute approximate surface area is 153 Å². The highest BCUT2D eigenvalue weighted by atomic mass is 16.5. The minimum absolute atomic E-state index is 0.172. The van der Waals surface area contributed by atoms with E-state index in [4.69, 9.17) is 9.47 Å². The quantitative estimate of drug-likeness (QED) is 0.443. The van der Waals surface area contributed by atoms with E-state index in [0.717, 1.165) is 5.56 Å². The van der Waals surface area contributed by atoms with Crippen molar-refractivity contribution in [3.63, 3.8) is 0 Å². The second-order valence-corrected chi connectivity index (χ2v) is 6.99. The molecule has 0 radical (unpaired) electrons. The Morgan fingerprint density at radius 1 is 1.04 bits per heavy atom. The van der Waals surface area contributed by atoms with Gasteiger partial charge in [-0.2, -0.15) is 0 Å². The summed E-state index contributed by atoms with van der Waals surface area (Å²) in [5.41, 5.74) is 2.61. The van der Waals surface area contributed by atoms with Crippen molar-refractivity contribution in [2.45, 2.75) is 33.6 Å². The van der Waals surface area contributed by atoms with E-state index in [-0.39, 0.29) is 23.4 Å². The van der Waals surface area contributed by atoms with Gasteiger partial charge >= 0.3 is 5.97 Å². The van der Waals surface area contributed by atoms with Crippen LogP contribution in [0.3, 0.4) is 0 Å². The topological polar surface area (TPSA) is 52.6 Å². The Hall–Kier alpha value is -2.88. The molecule has 0 atom stereocenters. The Morgan fingerprint density at radius 2 is 1.73 bits per heavy atom. The van der Waals surface area contributed by atoms with Crippen LogP contribution in [0.4, 0.5) is 0 Å². The van der Waals surface area contributed by atoms with Gasteiger partial charge in [-0.3, -0.25) is 9.59 Å². The maximum atomic E-state index is 12.5. The Balaban J connectivity index is 1.81. The zero-order valence-corrected chi connectivity index (χ0v) is 15.4. The summed E-state index contributed by atoms with van der Waals surface area (Å²) in [5.74, 6) is 0.786. The molecule has 1 aliphatic rings. The van der Waals surface area contributed by atoms with Crippen LogP contribution in [0.2, 0.25) is 0 Å². The number of benzene rings is 2. The van der Waals surface area contributed by atoms with E-state index >= 15 is 0 Å². The molecule has 1 heterocycles. The van der Waals surface area contributed by atoms with Crippen LogP contribution in [0.1, 0.15) is 55.1 Å². The van der Waals surface area contributed by atoms with Crippen molar-refractivity contribution in [2.75, 3.05) is 0 Å². The highest BCUT2D eigenvalue weighted by Crippen LogP contribution is 2.35. The van der Waals surface area contributed by atoms with Crippen LogP contribution in [0, 0.1) is 5.92 Å². The van der Waals surface area contributed by atoms with Gasteiger partial charge in [-0.05, 0) is 35.3 Å². The monoisotopic (exact) mass is 350 g/mol. The first-order valence-electron chi connectivity index (χ1n) is 8.75. The maximum absolute atomic E-state index is 12.5. The van der Waals surface area contributed by atoms with Crippen molar-refractivity contribution in [2.24, 2.45) is 5.92 Å². The molecule has 2 aromatic rings. The first-order chi connectivity index (χ1) is 12.3. The molecule has 0 amide bonds. The lowest BCUT2D eigenvalue weighted by atomic mass is 10.0. The molecule has 0 fully saturated rings. The summed E-state index contributed by atoms with van der Waals surface area (Å²) in [6, 6.07) is 12.9. The van der Waals surface area contributed by atoms with Crippen LogP contribution in [0.15, 0.2) is 48.2 Å². The molecule has 1 aliphatic heterocycles. The average Bonchev–Trinajstić information content (AvgIpc) is 2.90. The number of hydrogen-bond acceptors (Lipinski definition) is 4. The first-order valence-corrected chi connectivity index (χ1v) is 8.75. The van der Waals surface area contributed by atoms with Crippen molar-refractivity contribution >= 4 is 17.8 Å². The van der Waals surface area contributed by atoms with E-state index in [1.54, 1.807) is 38.1 Å².